The van der Waals surface area contributed by atoms with Gasteiger partial charge in [0.1, 0.15) is 5.75 Å². The van der Waals surface area contributed by atoms with Crippen molar-refractivity contribution in [1.29, 1.82) is 0 Å². The minimum atomic E-state index is 0.198. The number of rotatable bonds is 5. The van der Waals surface area contributed by atoms with Gasteiger partial charge in [-0.05, 0) is 38.0 Å². The number of ether oxygens (including phenoxy) is 1. The molecule has 5 heteroatoms. The first-order chi connectivity index (χ1) is 9.69. The van der Waals surface area contributed by atoms with E-state index in [2.05, 4.69) is 0 Å². The number of amides is 1. The van der Waals surface area contributed by atoms with Crippen LogP contribution in [0.2, 0.25) is 0 Å². The Morgan fingerprint density at radius 1 is 1.45 bits per heavy atom. The molecule has 1 fully saturated rings. The fourth-order valence-corrected chi connectivity index (χ4v) is 3.05. The highest BCUT2D eigenvalue weighted by molar-refractivity contribution is 8.00. The molecule has 0 aromatic heterocycles. The normalized spacial score (nSPS) is 16.2. The minimum absolute atomic E-state index is 0.198. The predicted molar refractivity (Wildman–Crippen MR) is 82.1 cm³/mol. The van der Waals surface area contributed by atoms with Crippen LogP contribution in [0.3, 0.4) is 0 Å². The lowest BCUT2D eigenvalue weighted by molar-refractivity contribution is -0.129. The third kappa shape index (κ3) is 4.42. The zero-order chi connectivity index (χ0) is 14.4. The highest BCUT2D eigenvalue weighted by atomic mass is 32.2. The van der Waals surface area contributed by atoms with Crippen LogP contribution in [0.1, 0.15) is 19.8 Å². The first-order valence-corrected chi connectivity index (χ1v) is 8.06. The van der Waals surface area contributed by atoms with Gasteiger partial charge in [-0.15, -0.1) is 11.8 Å². The monoisotopic (exact) mass is 294 g/mol. The number of piperidine rings is 1. The number of hydrogen-bond acceptors (Lipinski definition) is 4. The highest BCUT2D eigenvalue weighted by Gasteiger charge is 2.20. The van der Waals surface area contributed by atoms with E-state index in [4.69, 9.17) is 10.5 Å². The summed E-state index contributed by atoms with van der Waals surface area (Å²) >= 11 is 1.56. The van der Waals surface area contributed by atoms with Gasteiger partial charge < -0.3 is 15.4 Å². The second-order valence-corrected chi connectivity index (χ2v) is 5.96. The van der Waals surface area contributed by atoms with E-state index < -0.39 is 0 Å². The first kappa shape index (κ1) is 15.2. The van der Waals surface area contributed by atoms with Gasteiger partial charge in [0.25, 0.3) is 0 Å². The summed E-state index contributed by atoms with van der Waals surface area (Å²) in [6.07, 6.45) is 1.83. The molecule has 20 heavy (non-hydrogen) atoms. The van der Waals surface area contributed by atoms with Gasteiger partial charge in [0, 0.05) is 24.0 Å². The van der Waals surface area contributed by atoms with Crippen molar-refractivity contribution in [2.75, 3.05) is 25.4 Å². The summed E-state index contributed by atoms with van der Waals surface area (Å²) in [4.78, 5) is 15.1. The average molecular weight is 294 g/mol. The quantitative estimate of drug-likeness (QED) is 0.845. The number of hydrogen-bond donors (Lipinski definition) is 1. The average Bonchev–Trinajstić information content (AvgIpc) is 2.46. The molecule has 110 valence electrons. The molecule has 0 unspecified atom stereocenters. The lowest BCUT2D eigenvalue weighted by Gasteiger charge is -2.30. The molecule has 4 nitrogen and oxygen atoms in total. The second kappa shape index (κ2) is 7.55. The summed E-state index contributed by atoms with van der Waals surface area (Å²) in [7, 11) is 0. The largest absolute Gasteiger partial charge is 0.494 e. The van der Waals surface area contributed by atoms with Crippen LogP contribution in [0, 0.1) is 0 Å². The molecular formula is C15H22N2O2S. The maximum Gasteiger partial charge on any atom is 0.232 e. The molecule has 1 aliphatic heterocycles. The van der Waals surface area contributed by atoms with E-state index in [1.54, 1.807) is 11.8 Å². The Balaban J connectivity index is 1.82. The Hall–Kier alpha value is -1.20. The fourth-order valence-electron chi connectivity index (χ4n) is 2.21. The van der Waals surface area contributed by atoms with Crippen LogP contribution in [-0.4, -0.2) is 42.3 Å². The molecule has 0 bridgehead atoms. The Morgan fingerprint density at radius 2 is 2.20 bits per heavy atom. The number of carbonyl (C=O) groups excluding carboxylic acids is 1. The van der Waals surface area contributed by atoms with Crippen molar-refractivity contribution in [3.8, 4) is 5.75 Å². The van der Waals surface area contributed by atoms with Crippen molar-refractivity contribution in [2.24, 2.45) is 5.73 Å². The van der Waals surface area contributed by atoms with E-state index in [0.29, 0.717) is 12.4 Å². The number of benzene rings is 1. The highest BCUT2D eigenvalue weighted by Crippen LogP contribution is 2.23. The SMILES string of the molecule is CCOc1cccc(SCC(=O)N2CCC(N)CC2)c1. The number of nitrogens with two attached hydrogens (primary N) is 1. The van der Waals surface area contributed by atoms with Gasteiger partial charge in [0.15, 0.2) is 0 Å². The van der Waals surface area contributed by atoms with E-state index in [0.717, 1.165) is 36.6 Å². The zero-order valence-electron chi connectivity index (χ0n) is 11.9. The number of likely N-dealkylation sites (tertiary alicyclic amines) is 1. The van der Waals surface area contributed by atoms with E-state index in [-0.39, 0.29) is 11.9 Å². The van der Waals surface area contributed by atoms with Crippen molar-refractivity contribution in [2.45, 2.75) is 30.7 Å². The Labute approximate surface area is 124 Å². The number of carbonyl (C=O) groups is 1. The third-order valence-electron chi connectivity index (χ3n) is 3.37. The molecule has 0 atom stereocenters. The van der Waals surface area contributed by atoms with Crippen molar-refractivity contribution < 1.29 is 9.53 Å². The number of nitrogens with zero attached hydrogens (tertiary/aromatic N) is 1. The number of thioether (sulfide) groups is 1. The third-order valence-corrected chi connectivity index (χ3v) is 4.35. The molecule has 0 spiro atoms. The van der Waals surface area contributed by atoms with Crippen LogP contribution in [0.15, 0.2) is 29.2 Å². The summed E-state index contributed by atoms with van der Waals surface area (Å²) in [6, 6.07) is 8.13. The van der Waals surface area contributed by atoms with E-state index >= 15 is 0 Å². The van der Waals surface area contributed by atoms with E-state index in [1.165, 1.54) is 0 Å². The fraction of sp³-hybridized carbons (Fsp3) is 0.533. The van der Waals surface area contributed by atoms with Crippen molar-refractivity contribution in [3.63, 3.8) is 0 Å². The van der Waals surface area contributed by atoms with Crippen LogP contribution in [0.25, 0.3) is 0 Å². The summed E-state index contributed by atoms with van der Waals surface area (Å²) in [5.74, 6) is 1.53. The second-order valence-electron chi connectivity index (χ2n) is 4.91. The summed E-state index contributed by atoms with van der Waals surface area (Å²) < 4.78 is 5.46. The molecule has 0 aliphatic carbocycles. The summed E-state index contributed by atoms with van der Waals surface area (Å²) in [6.45, 7) is 4.20. The van der Waals surface area contributed by atoms with Gasteiger partial charge >= 0.3 is 0 Å². The van der Waals surface area contributed by atoms with Crippen LogP contribution in [0.4, 0.5) is 0 Å². The summed E-state index contributed by atoms with van der Waals surface area (Å²) in [5.41, 5.74) is 5.85. The van der Waals surface area contributed by atoms with Crippen LogP contribution < -0.4 is 10.5 Å². The zero-order valence-corrected chi connectivity index (χ0v) is 12.7. The molecule has 1 aliphatic rings. The van der Waals surface area contributed by atoms with Crippen LogP contribution in [0.5, 0.6) is 5.75 Å². The molecule has 0 radical (unpaired) electrons. The molecular weight excluding hydrogens is 272 g/mol. The van der Waals surface area contributed by atoms with Crippen LogP contribution >= 0.6 is 11.8 Å². The maximum absolute atomic E-state index is 12.1. The molecule has 1 aromatic carbocycles. The summed E-state index contributed by atoms with van der Waals surface area (Å²) in [5, 5.41) is 0. The molecule has 2 N–H and O–H groups in total. The van der Waals surface area contributed by atoms with Gasteiger partial charge in [0.05, 0.1) is 12.4 Å². The van der Waals surface area contributed by atoms with Gasteiger partial charge in [-0.1, -0.05) is 6.07 Å². The lowest BCUT2D eigenvalue weighted by Crippen LogP contribution is -2.43. The van der Waals surface area contributed by atoms with E-state index in [1.807, 2.05) is 36.1 Å². The van der Waals surface area contributed by atoms with E-state index in [9.17, 15) is 4.79 Å². The first-order valence-electron chi connectivity index (χ1n) is 7.08. The van der Waals surface area contributed by atoms with Gasteiger partial charge in [0.2, 0.25) is 5.91 Å². The molecule has 1 heterocycles. The van der Waals surface area contributed by atoms with Gasteiger partial charge in [-0.2, -0.15) is 0 Å². The van der Waals surface area contributed by atoms with Crippen molar-refractivity contribution in [1.82, 2.24) is 4.90 Å². The Morgan fingerprint density at radius 3 is 2.90 bits per heavy atom. The molecule has 1 saturated heterocycles. The Bertz CT molecular complexity index is 445. The van der Waals surface area contributed by atoms with Crippen molar-refractivity contribution >= 4 is 17.7 Å². The molecule has 1 aromatic rings. The van der Waals surface area contributed by atoms with Gasteiger partial charge in [-0.25, -0.2) is 0 Å². The topological polar surface area (TPSA) is 55.6 Å². The maximum atomic E-state index is 12.1. The molecule has 2 rings (SSSR count). The Kier molecular flexibility index (Phi) is 5.73. The minimum Gasteiger partial charge on any atom is -0.494 e. The lowest BCUT2D eigenvalue weighted by atomic mass is 10.1. The molecule has 0 saturated carbocycles. The van der Waals surface area contributed by atoms with Crippen LogP contribution in [-0.2, 0) is 4.79 Å². The predicted octanol–water partition coefficient (Wildman–Crippen LogP) is 2.13. The van der Waals surface area contributed by atoms with Gasteiger partial charge in [-0.3, -0.25) is 4.79 Å². The smallest absolute Gasteiger partial charge is 0.232 e. The van der Waals surface area contributed by atoms with Crippen molar-refractivity contribution in [3.05, 3.63) is 24.3 Å². The molecule has 1 amide bonds. The standard InChI is InChI=1S/C15H22N2O2S/c1-2-19-13-4-3-5-14(10-13)20-11-15(18)17-8-6-12(16)7-9-17/h3-5,10,12H,2,6-9,11,16H2,1H3.